The van der Waals surface area contributed by atoms with Gasteiger partial charge in [0.1, 0.15) is 0 Å². The molecular formula is C24H25N3O4S. The summed E-state index contributed by atoms with van der Waals surface area (Å²) in [6.07, 6.45) is 0.393. The molecule has 2 heterocycles. The number of carbonyl (C=O) groups excluding carboxylic acids is 3. The fraction of sp³-hybridized carbons (Fsp3) is 0.333. The normalized spacial score (nSPS) is 14.7. The lowest BCUT2D eigenvalue weighted by molar-refractivity contribution is -0.121. The number of ether oxygens (including phenoxy) is 1. The molecule has 1 aliphatic rings. The van der Waals surface area contributed by atoms with Crippen molar-refractivity contribution in [2.24, 2.45) is 4.99 Å². The second-order valence-electron chi connectivity index (χ2n) is 7.73. The van der Waals surface area contributed by atoms with Gasteiger partial charge in [-0.25, -0.2) is 0 Å². The Morgan fingerprint density at radius 3 is 2.53 bits per heavy atom. The maximum Gasteiger partial charge on any atom is 0.279 e. The van der Waals surface area contributed by atoms with Crippen molar-refractivity contribution < 1.29 is 19.1 Å². The Bertz CT molecular complexity index is 1270. The third-order valence-corrected chi connectivity index (χ3v) is 6.60. The van der Waals surface area contributed by atoms with Crippen molar-refractivity contribution in [3.63, 3.8) is 0 Å². The maximum atomic E-state index is 13.0. The van der Waals surface area contributed by atoms with Gasteiger partial charge in [-0.15, -0.1) is 0 Å². The van der Waals surface area contributed by atoms with Crippen LogP contribution in [-0.4, -0.2) is 35.5 Å². The van der Waals surface area contributed by atoms with Gasteiger partial charge >= 0.3 is 0 Å². The topological polar surface area (TPSA) is 81.0 Å². The van der Waals surface area contributed by atoms with E-state index in [1.165, 1.54) is 22.5 Å². The number of thiazole rings is 1. The van der Waals surface area contributed by atoms with Crippen LogP contribution in [0, 0.1) is 13.8 Å². The first-order valence-electron chi connectivity index (χ1n) is 10.6. The van der Waals surface area contributed by atoms with Gasteiger partial charge in [-0.1, -0.05) is 17.4 Å². The standard InChI is InChI=1S/C24H25N3O4S/c1-4-31-11-10-26-19-12-15(2)16(3)13-20(19)32-24(26)25-23(30)17-6-5-7-18(14-17)27-21(28)8-9-22(27)29/h5-7,12-14H,4,8-11H2,1-3H3. The van der Waals surface area contributed by atoms with Gasteiger partial charge in [0.15, 0.2) is 4.80 Å². The summed E-state index contributed by atoms with van der Waals surface area (Å²) in [7, 11) is 0. The van der Waals surface area contributed by atoms with Gasteiger partial charge in [0.25, 0.3) is 5.91 Å². The molecule has 0 bridgehead atoms. The molecule has 3 amide bonds. The predicted molar refractivity (Wildman–Crippen MR) is 124 cm³/mol. The van der Waals surface area contributed by atoms with E-state index in [1.54, 1.807) is 24.3 Å². The third kappa shape index (κ3) is 4.28. The molecule has 166 valence electrons. The minimum atomic E-state index is -0.420. The number of hydrogen-bond donors (Lipinski definition) is 0. The van der Waals surface area contributed by atoms with Gasteiger partial charge in [-0.3, -0.25) is 19.3 Å². The Labute approximate surface area is 190 Å². The molecule has 1 aromatic heterocycles. The summed E-state index contributed by atoms with van der Waals surface area (Å²) in [4.78, 5) is 43.3. The maximum absolute atomic E-state index is 13.0. The fourth-order valence-corrected chi connectivity index (χ4v) is 4.85. The molecule has 0 atom stereocenters. The van der Waals surface area contributed by atoms with Crippen LogP contribution in [0.2, 0.25) is 0 Å². The van der Waals surface area contributed by atoms with Gasteiger partial charge in [-0.05, 0) is 62.2 Å². The van der Waals surface area contributed by atoms with Crippen LogP contribution in [0.5, 0.6) is 0 Å². The monoisotopic (exact) mass is 451 g/mol. The van der Waals surface area contributed by atoms with E-state index in [2.05, 4.69) is 31.0 Å². The summed E-state index contributed by atoms with van der Waals surface area (Å²) >= 11 is 1.46. The lowest BCUT2D eigenvalue weighted by Gasteiger charge is -2.14. The molecule has 0 aliphatic carbocycles. The molecule has 32 heavy (non-hydrogen) atoms. The molecule has 7 nitrogen and oxygen atoms in total. The van der Waals surface area contributed by atoms with Gasteiger partial charge in [-0.2, -0.15) is 4.99 Å². The van der Waals surface area contributed by atoms with Crippen molar-refractivity contribution in [1.82, 2.24) is 4.57 Å². The van der Waals surface area contributed by atoms with Crippen LogP contribution >= 0.6 is 11.3 Å². The van der Waals surface area contributed by atoms with Crippen LogP contribution in [0.15, 0.2) is 41.4 Å². The summed E-state index contributed by atoms with van der Waals surface area (Å²) in [5.41, 5.74) is 4.11. The van der Waals surface area contributed by atoms with E-state index in [0.717, 1.165) is 15.1 Å². The average Bonchev–Trinajstić information content (AvgIpc) is 3.27. The second-order valence-corrected chi connectivity index (χ2v) is 8.74. The molecule has 0 N–H and O–H groups in total. The lowest BCUT2D eigenvalue weighted by atomic mass is 10.1. The second kappa shape index (κ2) is 9.18. The SMILES string of the molecule is CCOCCn1c(=NC(=O)c2cccc(N3C(=O)CCC3=O)c2)sc2cc(C)c(C)cc21. The van der Waals surface area contributed by atoms with E-state index in [-0.39, 0.29) is 24.7 Å². The molecule has 0 unspecified atom stereocenters. The highest BCUT2D eigenvalue weighted by atomic mass is 32.1. The van der Waals surface area contributed by atoms with Gasteiger partial charge in [0.05, 0.1) is 22.5 Å². The van der Waals surface area contributed by atoms with Crippen molar-refractivity contribution in [3.8, 4) is 0 Å². The van der Waals surface area contributed by atoms with Crippen LogP contribution in [0.3, 0.4) is 0 Å². The number of amides is 3. The fourth-order valence-electron chi connectivity index (χ4n) is 3.72. The first-order chi connectivity index (χ1) is 15.4. The summed E-state index contributed by atoms with van der Waals surface area (Å²) in [6, 6.07) is 10.7. The molecule has 4 rings (SSSR count). The number of aryl methyl sites for hydroxylation is 2. The van der Waals surface area contributed by atoms with E-state index in [4.69, 9.17) is 4.74 Å². The number of aromatic nitrogens is 1. The van der Waals surface area contributed by atoms with E-state index in [0.29, 0.717) is 35.8 Å². The Morgan fingerprint density at radius 2 is 1.81 bits per heavy atom. The summed E-state index contributed by atoms with van der Waals surface area (Å²) < 4.78 is 8.60. The minimum Gasteiger partial charge on any atom is -0.380 e. The number of rotatable bonds is 6. The summed E-state index contributed by atoms with van der Waals surface area (Å²) in [5.74, 6) is -0.919. The summed E-state index contributed by atoms with van der Waals surface area (Å²) in [5, 5.41) is 0. The zero-order chi connectivity index (χ0) is 22.8. The van der Waals surface area contributed by atoms with E-state index < -0.39 is 5.91 Å². The van der Waals surface area contributed by atoms with Crippen LogP contribution in [0.4, 0.5) is 5.69 Å². The molecule has 3 aromatic rings. The number of nitrogens with zero attached hydrogens (tertiary/aromatic N) is 3. The van der Waals surface area contributed by atoms with Crippen molar-refractivity contribution in [3.05, 3.63) is 57.9 Å². The highest BCUT2D eigenvalue weighted by Crippen LogP contribution is 2.24. The molecule has 1 saturated heterocycles. The van der Waals surface area contributed by atoms with Gasteiger partial charge in [0, 0.05) is 31.6 Å². The number of fused-ring (bicyclic) bond motifs is 1. The van der Waals surface area contributed by atoms with Crippen molar-refractivity contribution in [2.75, 3.05) is 18.1 Å². The van der Waals surface area contributed by atoms with Crippen LogP contribution in [0.1, 0.15) is 41.3 Å². The zero-order valence-corrected chi connectivity index (χ0v) is 19.2. The summed E-state index contributed by atoms with van der Waals surface area (Å²) in [6.45, 7) is 7.79. The number of hydrogen-bond acceptors (Lipinski definition) is 5. The number of imide groups is 1. The average molecular weight is 452 g/mol. The smallest absolute Gasteiger partial charge is 0.279 e. The molecule has 1 fully saturated rings. The molecule has 0 spiro atoms. The van der Waals surface area contributed by atoms with Crippen molar-refractivity contribution in [1.29, 1.82) is 0 Å². The van der Waals surface area contributed by atoms with Crippen LogP contribution in [0.25, 0.3) is 10.2 Å². The largest absolute Gasteiger partial charge is 0.380 e. The minimum absolute atomic E-state index is 0.196. The third-order valence-electron chi connectivity index (χ3n) is 5.56. The van der Waals surface area contributed by atoms with Crippen molar-refractivity contribution >= 4 is 45.0 Å². The molecular weight excluding hydrogens is 426 g/mol. The van der Waals surface area contributed by atoms with E-state index in [9.17, 15) is 14.4 Å². The van der Waals surface area contributed by atoms with E-state index >= 15 is 0 Å². The Kier molecular flexibility index (Phi) is 6.34. The van der Waals surface area contributed by atoms with Crippen molar-refractivity contribution in [2.45, 2.75) is 40.2 Å². The van der Waals surface area contributed by atoms with Gasteiger partial charge < -0.3 is 9.30 Å². The number of anilines is 1. The van der Waals surface area contributed by atoms with Gasteiger partial charge in [0.2, 0.25) is 11.8 Å². The predicted octanol–water partition coefficient (Wildman–Crippen LogP) is 3.75. The highest BCUT2D eigenvalue weighted by Gasteiger charge is 2.30. The first kappa shape index (κ1) is 22.1. The number of benzene rings is 2. The first-order valence-corrected chi connectivity index (χ1v) is 11.4. The number of carbonyl (C=O) groups is 3. The quantitative estimate of drug-likeness (QED) is 0.422. The Morgan fingerprint density at radius 1 is 1.09 bits per heavy atom. The molecule has 0 saturated carbocycles. The highest BCUT2D eigenvalue weighted by molar-refractivity contribution is 7.16. The Balaban J connectivity index is 1.74. The molecule has 0 radical (unpaired) electrons. The molecule has 2 aromatic carbocycles. The van der Waals surface area contributed by atoms with Crippen LogP contribution < -0.4 is 9.70 Å². The Hall–Kier alpha value is -3.10. The molecule has 8 heteroatoms. The lowest BCUT2D eigenvalue weighted by Crippen LogP contribution is -2.28. The zero-order valence-electron chi connectivity index (χ0n) is 18.4. The van der Waals surface area contributed by atoms with E-state index in [1.807, 2.05) is 11.5 Å². The molecule has 1 aliphatic heterocycles. The van der Waals surface area contributed by atoms with Crippen LogP contribution in [-0.2, 0) is 20.9 Å².